The van der Waals surface area contributed by atoms with Crippen molar-refractivity contribution in [1.29, 1.82) is 0 Å². The standard InChI is InChI=1S/C11H22N2/c1-6-7-10(2)12-8-9-13-11(3,4)5/h1,10,12-13H,7-9H2,2-5H3. The van der Waals surface area contributed by atoms with E-state index >= 15 is 0 Å². The predicted octanol–water partition coefficient (Wildman–Crippen LogP) is 1.38. The molecule has 0 aliphatic heterocycles. The van der Waals surface area contributed by atoms with Crippen LogP contribution in [-0.2, 0) is 0 Å². The second kappa shape index (κ2) is 6.01. The number of terminal acetylenes is 1. The number of hydrogen-bond donors (Lipinski definition) is 2. The summed E-state index contributed by atoms with van der Waals surface area (Å²) in [6.07, 6.45) is 6.00. The van der Waals surface area contributed by atoms with Gasteiger partial charge in [0.25, 0.3) is 0 Å². The first kappa shape index (κ1) is 12.5. The van der Waals surface area contributed by atoms with Crippen molar-refractivity contribution in [2.75, 3.05) is 13.1 Å². The summed E-state index contributed by atoms with van der Waals surface area (Å²) in [7, 11) is 0. The Morgan fingerprint density at radius 3 is 2.38 bits per heavy atom. The van der Waals surface area contributed by atoms with Gasteiger partial charge in [-0.05, 0) is 27.7 Å². The molecule has 0 aromatic heterocycles. The third-order valence-corrected chi connectivity index (χ3v) is 1.70. The third kappa shape index (κ3) is 9.39. The summed E-state index contributed by atoms with van der Waals surface area (Å²) in [5, 5.41) is 6.76. The summed E-state index contributed by atoms with van der Waals surface area (Å²) < 4.78 is 0. The maximum atomic E-state index is 5.20. The molecule has 0 saturated heterocycles. The minimum atomic E-state index is 0.205. The van der Waals surface area contributed by atoms with E-state index in [9.17, 15) is 0 Å². The lowest BCUT2D eigenvalue weighted by molar-refractivity contribution is 0.413. The van der Waals surface area contributed by atoms with Crippen LogP contribution in [0.2, 0.25) is 0 Å². The van der Waals surface area contributed by atoms with Crippen LogP contribution in [0, 0.1) is 12.3 Å². The molecule has 0 aliphatic carbocycles. The minimum absolute atomic E-state index is 0.205. The topological polar surface area (TPSA) is 24.1 Å². The lowest BCUT2D eigenvalue weighted by Gasteiger charge is -2.21. The van der Waals surface area contributed by atoms with E-state index in [0.29, 0.717) is 6.04 Å². The zero-order valence-electron chi connectivity index (χ0n) is 9.28. The van der Waals surface area contributed by atoms with Gasteiger partial charge in [-0.25, -0.2) is 0 Å². The van der Waals surface area contributed by atoms with Crippen LogP contribution in [0.15, 0.2) is 0 Å². The maximum absolute atomic E-state index is 5.20. The first-order chi connectivity index (χ1) is 5.95. The smallest absolute Gasteiger partial charge is 0.0238 e. The Morgan fingerprint density at radius 2 is 1.92 bits per heavy atom. The molecule has 2 N–H and O–H groups in total. The Labute approximate surface area is 82.5 Å². The molecule has 13 heavy (non-hydrogen) atoms. The van der Waals surface area contributed by atoms with Crippen LogP contribution in [0.4, 0.5) is 0 Å². The molecule has 0 aromatic rings. The van der Waals surface area contributed by atoms with Gasteiger partial charge in [0.2, 0.25) is 0 Å². The van der Waals surface area contributed by atoms with Gasteiger partial charge in [0, 0.05) is 31.1 Å². The minimum Gasteiger partial charge on any atom is -0.312 e. The fraction of sp³-hybridized carbons (Fsp3) is 0.818. The van der Waals surface area contributed by atoms with Crippen LogP contribution < -0.4 is 10.6 Å². The molecule has 0 fully saturated rings. The molecule has 0 rings (SSSR count). The van der Waals surface area contributed by atoms with Crippen LogP contribution in [0.3, 0.4) is 0 Å². The normalized spacial score (nSPS) is 13.8. The first-order valence-corrected chi connectivity index (χ1v) is 4.87. The average Bonchev–Trinajstić information content (AvgIpc) is 1.97. The van der Waals surface area contributed by atoms with E-state index in [1.165, 1.54) is 0 Å². The quantitative estimate of drug-likeness (QED) is 0.496. The van der Waals surface area contributed by atoms with Crippen molar-refractivity contribution in [2.24, 2.45) is 0 Å². The molecule has 0 aromatic carbocycles. The molecule has 0 heterocycles. The number of hydrogen-bond acceptors (Lipinski definition) is 2. The van der Waals surface area contributed by atoms with E-state index < -0.39 is 0 Å². The Morgan fingerprint density at radius 1 is 1.31 bits per heavy atom. The zero-order valence-corrected chi connectivity index (χ0v) is 9.28. The molecule has 76 valence electrons. The lowest BCUT2D eigenvalue weighted by atomic mass is 10.1. The Bertz CT molecular complexity index is 162. The second-order valence-corrected chi connectivity index (χ2v) is 4.44. The van der Waals surface area contributed by atoms with Gasteiger partial charge >= 0.3 is 0 Å². The summed E-state index contributed by atoms with van der Waals surface area (Å²) in [4.78, 5) is 0. The Kier molecular flexibility index (Phi) is 5.77. The van der Waals surface area contributed by atoms with Crippen LogP contribution >= 0.6 is 0 Å². The Balaban J connectivity index is 3.32. The van der Waals surface area contributed by atoms with Crippen molar-refractivity contribution in [2.45, 2.75) is 45.7 Å². The molecule has 0 amide bonds. The largest absolute Gasteiger partial charge is 0.312 e. The summed E-state index contributed by atoms with van der Waals surface area (Å²) in [6, 6.07) is 0.423. The first-order valence-electron chi connectivity index (χ1n) is 4.87. The van der Waals surface area contributed by atoms with Gasteiger partial charge in [0.05, 0.1) is 0 Å². The average molecular weight is 182 g/mol. The molecule has 0 aliphatic rings. The third-order valence-electron chi connectivity index (χ3n) is 1.70. The van der Waals surface area contributed by atoms with Gasteiger partial charge in [0.15, 0.2) is 0 Å². The summed E-state index contributed by atoms with van der Waals surface area (Å²) >= 11 is 0. The molecule has 0 saturated carbocycles. The van der Waals surface area contributed by atoms with Crippen LogP contribution in [0.1, 0.15) is 34.1 Å². The van der Waals surface area contributed by atoms with E-state index in [4.69, 9.17) is 6.42 Å². The van der Waals surface area contributed by atoms with E-state index in [2.05, 4.69) is 44.2 Å². The molecular formula is C11H22N2. The van der Waals surface area contributed by atoms with Crippen molar-refractivity contribution >= 4 is 0 Å². The van der Waals surface area contributed by atoms with E-state index in [1.54, 1.807) is 0 Å². The molecular weight excluding hydrogens is 160 g/mol. The van der Waals surface area contributed by atoms with Crippen molar-refractivity contribution in [3.8, 4) is 12.3 Å². The monoisotopic (exact) mass is 182 g/mol. The number of rotatable bonds is 5. The van der Waals surface area contributed by atoms with Gasteiger partial charge in [-0.3, -0.25) is 0 Å². The molecule has 1 unspecified atom stereocenters. The van der Waals surface area contributed by atoms with Gasteiger partial charge in [-0.15, -0.1) is 12.3 Å². The fourth-order valence-electron chi connectivity index (χ4n) is 1.01. The SMILES string of the molecule is C#CCC(C)NCCNC(C)(C)C. The van der Waals surface area contributed by atoms with E-state index in [-0.39, 0.29) is 5.54 Å². The van der Waals surface area contributed by atoms with Crippen molar-refractivity contribution in [3.05, 3.63) is 0 Å². The highest BCUT2D eigenvalue weighted by Gasteiger charge is 2.07. The zero-order chi connectivity index (χ0) is 10.3. The highest BCUT2D eigenvalue weighted by molar-refractivity contribution is 4.88. The molecule has 0 spiro atoms. The summed E-state index contributed by atoms with van der Waals surface area (Å²) in [6.45, 7) is 10.6. The number of nitrogens with one attached hydrogen (secondary N) is 2. The van der Waals surface area contributed by atoms with Crippen molar-refractivity contribution in [1.82, 2.24) is 10.6 Å². The predicted molar refractivity (Wildman–Crippen MR) is 58.7 cm³/mol. The van der Waals surface area contributed by atoms with Gasteiger partial charge in [0.1, 0.15) is 0 Å². The molecule has 2 nitrogen and oxygen atoms in total. The molecule has 2 heteroatoms. The molecule has 0 bridgehead atoms. The van der Waals surface area contributed by atoms with E-state index in [1.807, 2.05) is 0 Å². The molecule has 0 radical (unpaired) electrons. The fourth-order valence-corrected chi connectivity index (χ4v) is 1.01. The van der Waals surface area contributed by atoms with E-state index in [0.717, 1.165) is 19.5 Å². The van der Waals surface area contributed by atoms with Crippen LogP contribution in [0.25, 0.3) is 0 Å². The van der Waals surface area contributed by atoms with Gasteiger partial charge in [-0.1, -0.05) is 0 Å². The van der Waals surface area contributed by atoms with Crippen molar-refractivity contribution < 1.29 is 0 Å². The van der Waals surface area contributed by atoms with Crippen LogP contribution in [0.5, 0.6) is 0 Å². The summed E-state index contributed by atoms with van der Waals surface area (Å²) in [5.74, 6) is 2.64. The maximum Gasteiger partial charge on any atom is 0.0238 e. The molecule has 1 atom stereocenters. The highest BCUT2D eigenvalue weighted by atomic mass is 15.0. The summed E-state index contributed by atoms with van der Waals surface area (Å²) in [5.41, 5.74) is 0.205. The van der Waals surface area contributed by atoms with Gasteiger partial charge in [-0.2, -0.15) is 0 Å². The second-order valence-electron chi connectivity index (χ2n) is 4.44. The lowest BCUT2D eigenvalue weighted by Crippen LogP contribution is -2.41. The van der Waals surface area contributed by atoms with Gasteiger partial charge < -0.3 is 10.6 Å². The Hall–Kier alpha value is -0.520. The van der Waals surface area contributed by atoms with Crippen LogP contribution in [-0.4, -0.2) is 24.7 Å². The van der Waals surface area contributed by atoms with Crippen molar-refractivity contribution in [3.63, 3.8) is 0 Å². The highest BCUT2D eigenvalue weighted by Crippen LogP contribution is 1.96.